The zero-order valence-corrected chi connectivity index (χ0v) is 16.1. The Balaban J connectivity index is 0.00000288. The lowest BCUT2D eigenvalue weighted by Crippen LogP contribution is -2.30. The Kier molecular flexibility index (Phi) is 8.57. The first-order chi connectivity index (χ1) is 11.0. The number of carbonyl (C=O) groups is 1. The van der Waals surface area contributed by atoms with E-state index in [1.807, 2.05) is 18.2 Å². The Morgan fingerprint density at radius 2 is 1.96 bits per heavy atom. The molecule has 5 heteroatoms. The van der Waals surface area contributed by atoms with Crippen molar-refractivity contribution in [1.29, 1.82) is 0 Å². The van der Waals surface area contributed by atoms with E-state index in [0.717, 1.165) is 38.9 Å². The summed E-state index contributed by atoms with van der Waals surface area (Å²) in [7, 11) is 4.22. The van der Waals surface area contributed by atoms with Gasteiger partial charge in [0, 0.05) is 19.6 Å². The Morgan fingerprint density at radius 1 is 1.29 bits per heavy atom. The van der Waals surface area contributed by atoms with Crippen LogP contribution in [0, 0.1) is 5.92 Å². The molecule has 2 atom stereocenters. The third kappa shape index (κ3) is 5.67. The second-order valence-corrected chi connectivity index (χ2v) is 6.89. The summed E-state index contributed by atoms with van der Waals surface area (Å²) in [6.45, 7) is 7.19. The molecule has 0 unspecified atom stereocenters. The van der Waals surface area contributed by atoms with E-state index in [1.54, 1.807) is 4.90 Å². The van der Waals surface area contributed by atoms with Crippen LogP contribution in [0.5, 0.6) is 5.75 Å². The van der Waals surface area contributed by atoms with E-state index in [2.05, 4.69) is 38.9 Å². The topological polar surface area (TPSA) is 32.8 Å². The number of halogens is 1. The minimum Gasteiger partial charge on any atom is -0.410 e. The van der Waals surface area contributed by atoms with E-state index in [1.165, 1.54) is 5.56 Å². The average Bonchev–Trinajstić information content (AvgIpc) is 3.02. The first-order valence-electron chi connectivity index (χ1n) is 8.72. The number of nitrogens with zero attached hydrogens (tertiary/aromatic N) is 2. The zero-order chi connectivity index (χ0) is 16.8. The van der Waals surface area contributed by atoms with Gasteiger partial charge < -0.3 is 14.5 Å². The van der Waals surface area contributed by atoms with Crippen molar-refractivity contribution in [3.63, 3.8) is 0 Å². The summed E-state index contributed by atoms with van der Waals surface area (Å²) >= 11 is 0. The zero-order valence-electron chi connectivity index (χ0n) is 15.3. The Hall–Kier alpha value is -1.26. The average molecular weight is 355 g/mol. The molecule has 0 N–H and O–H groups in total. The summed E-state index contributed by atoms with van der Waals surface area (Å²) in [4.78, 5) is 16.2. The fourth-order valence-corrected chi connectivity index (χ4v) is 3.54. The number of hydrogen-bond acceptors (Lipinski definition) is 3. The van der Waals surface area contributed by atoms with Gasteiger partial charge >= 0.3 is 6.09 Å². The molecular formula is C19H31ClN2O2. The fraction of sp³-hybridized carbons (Fsp3) is 0.632. The first kappa shape index (κ1) is 20.8. The molecule has 0 saturated carbocycles. The van der Waals surface area contributed by atoms with Crippen molar-refractivity contribution in [2.45, 2.75) is 39.0 Å². The standard InChI is InChI=1S/C19H30N2O2.ClH/c1-5-18(15(2)14-20(3)4)16-9-8-10-17(13-16)23-19(22)21-11-6-7-12-21;/h8-10,13,15,18H,5-7,11-12,14H2,1-4H3;1H/t15-,18+;/m0./s1. The molecule has 24 heavy (non-hydrogen) atoms. The molecule has 1 heterocycles. The van der Waals surface area contributed by atoms with Gasteiger partial charge in [-0.2, -0.15) is 0 Å². The molecule has 0 spiro atoms. The number of rotatable bonds is 6. The van der Waals surface area contributed by atoms with Crippen LogP contribution in [0.1, 0.15) is 44.6 Å². The molecule has 1 aliphatic rings. The second kappa shape index (κ2) is 9.90. The predicted molar refractivity (Wildman–Crippen MR) is 101 cm³/mol. The molecule has 4 nitrogen and oxygen atoms in total. The Labute approximate surface area is 152 Å². The molecule has 0 aliphatic carbocycles. The quantitative estimate of drug-likeness (QED) is 0.759. The van der Waals surface area contributed by atoms with Crippen molar-refractivity contribution in [3.05, 3.63) is 29.8 Å². The van der Waals surface area contributed by atoms with Gasteiger partial charge in [0.1, 0.15) is 5.75 Å². The van der Waals surface area contributed by atoms with Gasteiger partial charge in [-0.05, 0) is 62.9 Å². The monoisotopic (exact) mass is 354 g/mol. The number of hydrogen-bond donors (Lipinski definition) is 0. The van der Waals surface area contributed by atoms with Crippen molar-refractivity contribution in [1.82, 2.24) is 9.80 Å². The normalized spacial score (nSPS) is 16.6. The van der Waals surface area contributed by atoms with Crippen LogP contribution in [0.2, 0.25) is 0 Å². The number of carbonyl (C=O) groups excluding carboxylic acids is 1. The second-order valence-electron chi connectivity index (χ2n) is 6.89. The van der Waals surface area contributed by atoms with E-state index in [9.17, 15) is 4.79 Å². The van der Waals surface area contributed by atoms with Crippen LogP contribution in [0.25, 0.3) is 0 Å². The summed E-state index contributed by atoms with van der Waals surface area (Å²) in [5.74, 6) is 1.69. The van der Waals surface area contributed by atoms with Crippen LogP contribution in [0.3, 0.4) is 0 Å². The molecular weight excluding hydrogens is 324 g/mol. The molecule has 1 aromatic rings. The molecule has 1 fully saturated rings. The minimum absolute atomic E-state index is 0. The number of benzene rings is 1. The smallest absolute Gasteiger partial charge is 0.410 e. The van der Waals surface area contributed by atoms with Gasteiger partial charge in [-0.3, -0.25) is 0 Å². The van der Waals surface area contributed by atoms with Crippen LogP contribution < -0.4 is 4.74 Å². The Morgan fingerprint density at radius 3 is 2.54 bits per heavy atom. The number of likely N-dealkylation sites (tertiary alicyclic amines) is 1. The number of ether oxygens (including phenoxy) is 1. The van der Waals surface area contributed by atoms with Crippen LogP contribution in [-0.4, -0.2) is 49.6 Å². The molecule has 0 aromatic heterocycles. The highest BCUT2D eigenvalue weighted by Gasteiger charge is 2.21. The third-order valence-corrected chi connectivity index (χ3v) is 4.64. The van der Waals surface area contributed by atoms with E-state index >= 15 is 0 Å². The molecule has 1 amide bonds. The molecule has 136 valence electrons. The maximum atomic E-state index is 12.1. The minimum atomic E-state index is -0.214. The molecule has 1 saturated heterocycles. The summed E-state index contributed by atoms with van der Waals surface area (Å²) in [5.41, 5.74) is 1.26. The highest BCUT2D eigenvalue weighted by atomic mass is 35.5. The van der Waals surface area contributed by atoms with Crippen LogP contribution >= 0.6 is 12.4 Å². The molecule has 1 aromatic carbocycles. The van der Waals surface area contributed by atoms with Crippen molar-refractivity contribution in [2.75, 3.05) is 33.7 Å². The molecule has 0 radical (unpaired) electrons. The summed E-state index contributed by atoms with van der Waals surface area (Å²) in [6, 6.07) is 8.05. The van der Waals surface area contributed by atoms with Gasteiger partial charge in [0.25, 0.3) is 0 Å². The third-order valence-electron chi connectivity index (χ3n) is 4.64. The molecule has 2 rings (SSSR count). The van der Waals surface area contributed by atoms with Crippen molar-refractivity contribution in [2.24, 2.45) is 5.92 Å². The van der Waals surface area contributed by atoms with Gasteiger partial charge in [0.15, 0.2) is 0 Å². The lowest BCUT2D eigenvalue weighted by molar-refractivity contribution is 0.162. The first-order valence-corrected chi connectivity index (χ1v) is 8.72. The van der Waals surface area contributed by atoms with Crippen LogP contribution in [-0.2, 0) is 0 Å². The van der Waals surface area contributed by atoms with E-state index < -0.39 is 0 Å². The molecule has 1 aliphatic heterocycles. The van der Waals surface area contributed by atoms with E-state index in [4.69, 9.17) is 4.74 Å². The van der Waals surface area contributed by atoms with Crippen molar-refractivity contribution in [3.8, 4) is 5.75 Å². The van der Waals surface area contributed by atoms with Gasteiger partial charge in [0.2, 0.25) is 0 Å². The lowest BCUT2D eigenvalue weighted by Gasteiger charge is -2.26. The lowest BCUT2D eigenvalue weighted by atomic mass is 9.85. The largest absolute Gasteiger partial charge is 0.415 e. The van der Waals surface area contributed by atoms with Gasteiger partial charge in [0.05, 0.1) is 0 Å². The maximum absolute atomic E-state index is 12.1. The van der Waals surface area contributed by atoms with Crippen LogP contribution in [0.4, 0.5) is 4.79 Å². The summed E-state index contributed by atoms with van der Waals surface area (Å²) in [5, 5.41) is 0. The van der Waals surface area contributed by atoms with Crippen molar-refractivity contribution >= 4 is 18.5 Å². The van der Waals surface area contributed by atoms with E-state index in [-0.39, 0.29) is 18.5 Å². The number of amides is 1. The highest BCUT2D eigenvalue weighted by Crippen LogP contribution is 2.30. The highest BCUT2D eigenvalue weighted by molar-refractivity contribution is 5.85. The van der Waals surface area contributed by atoms with Gasteiger partial charge in [-0.1, -0.05) is 26.0 Å². The fourth-order valence-electron chi connectivity index (χ4n) is 3.54. The Bertz CT molecular complexity index is 516. The SMILES string of the molecule is CC[C@@H](c1cccc(OC(=O)N2CCCC2)c1)[C@@H](C)CN(C)C.Cl. The molecule has 0 bridgehead atoms. The predicted octanol–water partition coefficient (Wildman–Crippen LogP) is 4.39. The van der Waals surface area contributed by atoms with Crippen LogP contribution in [0.15, 0.2) is 24.3 Å². The van der Waals surface area contributed by atoms with Crippen molar-refractivity contribution < 1.29 is 9.53 Å². The summed E-state index contributed by atoms with van der Waals surface area (Å²) < 4.78 is 5.57. The summed E-state index contributed by atoms with van der Waals surface area (Å²) in [6.07, 6.45) is 3.02. The van der Waals surface area contributed by atoms with Gasteiger partial charge in [-0.15, -0.1) is 12.4 Å². The van der Waals surface area contributed by atoms with Gasteiger partial charge in [-0.25, -0.2) is 4.79 Å². The van der Waals surface area contributed by atoms with E-state index in [0.29, 0.717) is 17.6 Å². The maximum Gasteiger partial charge on any atom is 0.415 e.